The second-order valence-corrected chi connectivity index (χ2v) is 10.7. The third kappa shape index (κ3) is 2.53. The highest BCUT2D eigenvalue weighted by atomic mass is 16.3. The van der Waals surface area contributed by atoms with Gasteiger partial charge in [-0.05, 0) is 91.7 Å². The molecule has 3 heteroatoms. The van der Waals surface area contributed by atoms with Gasteiger partial charge < -0.3 is 5.11 Å². The number of aryl methyl sites for hydroxylation is 1. The fraction of sp³-hybridized carbons (Fsp3) is 0.792. The number of aliphatic hydroxyl groups excluding tert-OH is 1. The fourth-order valence-electron chi connectivity index (χ4n) is 8.01. The van der Waals surface area contributed by atoms with E-state index < -0.39 is 0 Å². The Balaban J connectivity index is 1.47. The first-order chi connectivity index (χ1) is 12.9. The van der Waals surface area contributed by atoms with E-state index in [9.17, 15) is 5.11 Å². The summed E-state index contributed by atoms with van der Waals surface area (Å²) in [7, 11) is 1.99. The van der Waals surface area contributed by atoms with Crippen LogP contribution in [0.4, 0.5) is 0 Å². The summed E-state index contributed by atoms with van der Waals surface area (Å²) in [5.74, 6) is 3.33. The smallest absolute Gasteiger partial charge is 0.0810 e. The first-order valence-corrected chi connectivity index (χ1v) is 11.3. The maximum Gasteiger partial charge on any atom is 0.0810 e. The van der Waals surface area contributed by atoms with E-state index in [-0.39, 0.29) is 11.5 Å². The van der Waals surface area contributed by atoms with Crippen LogP contribution >= 0.6 is 0 Å². The van der Waals surface area contributed by atoms with E-state index in [2.05, 4.69) is 31.1 Å². The molecule has 7 atom stereocenters. The van der Waals surface area contributed by atoms with Gasteiger partial charge in [-0.25, -0.2) is 0 Å². The second-order valence-electron chi connectivity index (χ2n) is 10.7. The van der Waals surface area contributed by atoms with Crippen LogP contribution in [-0.4, -0.2) is 21.0 Å². The zero-order valence-electron chi connectivity index (χ0n) is 17.3. The number of fused-ring (bicyclic) bond motifs is 5. The molecule has 1 aromatic rings. The molecule has 0 bridgehead atoms. The van der Waals surface area contributed by atoms with Crippen LogP contribution in [0.2, 0.25) is 0 Å². The standard InChI is InChI=1S/C24H36N2O/c1-23-11-5-4-6-17(23)7-8-19-20(23)9-12-24(2)21(19)15-16(22(24)27)14-18-10-13-25-26(18)3/h10,13-14,17,19-22,27H,4-9,11-12,15H2,1-3H3/b16-14-/t17-,19+,20-,21-,22-,23-,24-/m0/s1. The first kappa shape index (κ1) is 18.0. The normalized spacial score (nSPS) is 48.1. The van der Waals surface area contributed by atoms with Crippen LogP contribution in [0.5, 0.6) is 0 Å². The van der Waals surface area contributed by atoms with Gasteiger partial charge in [0.2, 0.25) is 0 Å². The zero-order valence-corrected chi connectivity index (χ0v) is 17.3. The summed E-state index contributed by atoms with van der Waals surface area (Å²) in [6, 6.07) is 2.06. The van der Waals surface area contributed by atoms with Gasteiger partial charge in [0, 0.05) is 18.7 Å². The van der Waals surface area contributed by atoms with Crippen molar-refractivity contribution in [3.8, 4) is 0 Å². The lowest BCUT2D eigenvalue weighted by Gasteiger charge is -2.60. The molecule has 4 fully saturated rings. The summed E-state index contributed by atoms with van der Waals surface area (Å²) >= 11 is 0. The lowest BCUT2D eigenvalue weighted by molar-refractivity contribution is -0.119. The third-order valence-corrected chi connectivity index (χ3v) is 9.64. The zero-order chi connectivity index (χ0) is 18.8. The molecule has 1 N–H and O–H groups in total. The van der Waals surface area contributed by atoms with E-state index >= 15 is 0 Å². The predicted molar refractivity (Wildman–Crippen MR) is 109 cm³/mol. The van der Waals surface area contributed by atoms with Crippen LogP contribution in [0, 0.1) is 34.5 Å². The molecule has 0 spiro atoms. The average molecular weight is 369 g/mol. The van der Waals surface area contributed by atoms with Crippen LogP contribution < -0.4 is 0 Å². The van der Waals surface area contributed by atoms with E-state index in [0.717, 1.165) is 29.9 Å². The van der Waals surface area contributed by atoms with Crippen LogP contribution in [0.25, 0.3) is 6.08 Å². The minimum absolute atomic E-state index is 0.0729. The van der Waals surface area contributed by atoms with E-state index in [1.807, 2.05) is 17.9 Å². The molecule has 0 aromatic carbocycles. The minimum Gasteiger partial charge on any atom is -0.388 e. The van der Waals surface area contributed by atoms with Crippen molar-refractivity contribution in [2.45, 2.75) is 77.7 Å². The van der Waals surface area contributed by atoms with E-state index in [0.29, 0.717) is 11.3 Å². The van der Waals surface area contributed by atoms with Gasteiger partial charge in [0.1, 0.15) is 0 Å². The Kier molecular flexibility index (Phi) is 4.13. The van der Waals surface area contributed by atoms with Crippen molar-refractivity contribution in [1.82, 2.24) is 9.78 Å². The Morgan fingerprint density at radius 3 is 2.70 bits per heavy atom. The summed E-state index contributed by atoms with van der Waals surface area (Å²) in [6.07, 6.45) is 16.1. The molecule has 148 valence electrons. The molecule has 0 aliphatic heterocycles. The summed E-state index contributed by atoms with van der Waals surface area (Å²) in [5.41, 5.74) is 3.01. The Morgan fingerprint density at radius 1 is 1.07 bits per heavy atom. The van der Waals surface area contributed by atoms with E-state index in [4.69, 9.17) is 0 Å². The quantitative estimate of drug-likeness (QED) is 0.739. The number of hydrogen-bond donors (Lipinski definition) is 1. The van der Waals surface area contributed by atoms with Crippen molar-refractivity contribution in [2.24, 2.45) is 41.5 Å². The van der Waals surface area contributed by atoms with Crippen molar-refractivity contribution >= 4 is 6.08 Å². The fourth-order valence-corrected chi connectivity index (χ4v) is 8.01. The topological polar surface area (TPSA) is 38.0 Å². The Hall–Kier alpha value is -1.09. The molecule has 1 aromatic heterocycles. The van der Waals surface area contributed by atoms with Gasteiger partial charge in [-0.2, -0.15) is 5.10 Å². The van der Waals surface area contributed by atoms with Gasteiger partial charge in [0.05, 0.1) is 11.8 Å². The SMILES string of the molecule is Cn1nccc1/C=C1/C[C@H]2[C@@H]3CC[C@@H]4CCCC[C@]4(C)[C@H]3CC[C@]2(C)[C@H]1O. The monoisotopic (exact) mass is 368 g/mol. The van der Waals surface area contributed by atoms with Crippen LogP contribution in [0.15, 0.2) is 17.8 Å². The van der Waals surface area contributed by atoms with Gasteiger partial charge in [0.15, 0.2) is 0 Å². The van der Waals surface area contributed by atoms with E-state index in [1.165, 1.54) is 56.9 Å². The van der Waals surface area contributed by atoms with Crippen molar-refractivity contribution in [3.05, 3.63) is 23.5 Å². The van der Waals surface area contributed by atoms with E-state index in [1.54, 1.807) is 0 Å². The number of rotatable bonds is 1. The summed E-state index contributed by atoms with van der Waals surface area (Å²) in [4.78, 5) is 0. The van der Waals surface area contributed by atoms with Gasteiger partial charge in [-0.1, -0.05) is 26.7 Å². The molecule has 0 radical (unpaired) electrons. The highest BCUT2D eigenvalue weighted by Crippen LogP contribution is 2.66. The number of aromatic nitrogens is 2. The molecule has 4 aliphatic carbocycles. The third-order valence-electron chi connectivity index (χ3n) is 9.64. The number of aliphatic hydroxyl groups is 1. The van der Waals surface area contributed by atoms with Gasteiger partial charge in [0.25, 0.3) is 0 Å². The second kappa shape index (κ2) is 6.20. The lowest BCUT2D eigenvalue weighted by Crippen LogP contribution is -2.53. The molecule has 1 heterocycles. The van der Waals surface area contributed by atoms with Gasteiger partial charge >= 0.3 is 0 Å². The maximum absolute atomic E-state index is 11.3. The predicted octanol–water partition coefficient (Wildman–Crippen LogP) is 5.21. The number of hydrogen-bond acceptors (Lipinski definition) is 2. The maximum atomic E-state index is 11.3. The van der Waals surface area contributed by atoms with Crippen molar-refractivity contribution in [1.29, 1.82) is 0 Å². The van der Waals surface area contributed by atoms with Crippen molar-refractivity contribution in [2.75, 3.05) is 0 Å². The van der Waals surface area contributed by atoms with Crippen LogP contribution in [0.3, 0.4) is 0 Å². The molecule has 4 aliphatic rings. The average Bonchev–Trinajstić information content (AvgIpc) is 3.17. The minimum atomic E-state index is -0.282. The first-order valence-electron chi connectivity index (χ1n) is 11.3. The molecular formula is C24H36N2O. The van der Waals surface area contributed by atoms with Crippen molar-refractivity contribution in [3.63, 3.8) is 0 Å². The summed E-state index contributed by atoms with van der Waals surface area (Å²) < 4.78 is 1.92. The molecule has 0 amide bonds. The number of nitrogens with zero attached hydrogens (tertiary/aromatic N) is 2. The Bertz CT molecular complexity index is 751. The van der Waals surface area contributed by atoms with Gasteiger partial charge in [-0.15, -0.1) is 0 Å². The molecular weight excluding hydrogens is 332 g/mol. The Labute approximate surface area is 164 Å². The molecule has 4 saturated carbocycles. The van der Waals surface area contributed by atoms with Crippen LogP contribution in [0.1, 0.15) is 77.3 Å². The highest BCUT2D eigenvalue weighted by molar-refractivity contribution is 5.52. The van der Waals surface area contributed by atoms with Crippen LogP contribution in [-0.2, 0) is 7.05 Å². The summed E-state index contributed by atoms with van der Waals surface area (Å²) in [5, 5.41) is 15.6. The van der Waals surface area contributed by atoms with Crippen molar-refractivity contribution < 1.29 is 5.11 Å². The van der Waals surface area contributed by atoms with Gasteiger partial charge in [-0.3, -0.25) is 4.68 Å². The Morgan fingerprint density at radius 2 is 1.93 bits per heavy atom. The molecule has 0 unspecified atom stereocenters. The lowest BCUT2D eigenvalue weighted by atomic mass is 9.45. The highest BCUT2D eigenvalue weighted by Gasteiger charge is 2.60. The molecule has 27 heavy (non-hydrogen) atoms. The molecule has 3 nitrogen and oxygen atoms in total. The largest absolute Gasteiger partial charge is 0.388 e. The summed E-state index contributed by atoms with van der Waals surface area (Å²) in [6.45, 7) is 5.02. The molecule has 5 rings (SSSR count). The molecule has 0 saturated heterocycles.